The number of amides is 1. The van der Waals surface area contributed by atoms with Crippen molar-refractivity contribution in [1.29, 1.82) is 0 Å². The summed E-state index contributed by atoms with van der Waals surface area (Å²) in [7, 11) is 1.58. The Hall–Kier alpha value is -1.66. The van der Waals surface area contributed by atoms with Crippen LogP contribution in [0.5, 0.6) is 5.88 Å². The van der Waals surface area contributed by atoms with Crippen LogP contribution in [0.4, 0.5) is 5.69 Å². The third kappa shape index (κ3) is 4.42. The summed E-state index contributed by atoms with van der Waals surface area (Å²) in [6.07, 6.45) is 3.66. The zero-order valence-corrected chi connectivity index (χ0v) is 14.3. The van der Waals surface area contributed by atoms with Crippen LogP contribution in [0, 0.1) is 12.8 Å². The van der Waals surface area contributed by atoms with Crippen LogP contribution < -0.4 is 10.1 Å². The van der Waals surface area contributed by atoms with E-state index in [0.29, 0.717) is 37.3 Å². The molecule has 6 heteroatoms. The molecular formula is C17H26N2O4. The van der Waals surface area contributed by atoms with E-state index in [1.54, 1.807) is 13.3 Å². The van der Waals surface area contributed by atoms with Crippen LogP contribution in [0.25, 0.3) is 0 Å². The number of hydrogen-bond donors (Lipinski definition) is 1. The van der Waals surface area contributed by atoms with Crippen molar-refractivity contribution in [1.82, 2.24) is 4.98 Å². The van der Waals surface area contributed by atoms with E-state index in [0.717, 1.165) is 18.4 Å². The fourth-order valence-corrected chi connectivity index (χ4v) is 2.46. The van der Waals surface area contributed by atoms with E-state index in [4.69, 9.17) is 14.2 Å². The standard InChI is InChI=1S/C17H26N2O4/c1-5-22-8-9-23-15-12(2)10-14(11-18-15)19-16(20)17(3,21-4)13-6-7-13/h10-11,13H,5-9H2,1-4H3,(H,19,20)/t17-/m1/s1. The summed E-state index contributed by atoms with van der Waals surface area (Å²) in [6, 6.07) is 1.85. The van der Waals surface area contributed by atoms with Crippen molar-refractivity contribution in [2.45, 2.75) is 39.2 Å². The van der Waals surface area contributed by atoms with Gasteiger partial charge in [-0.1, -0.05) is 0 Å². The second-order valence-corrected chi connectivity index (χ2v) is 5.93. The molecule has 0 aromatic carbocycles. The molecule has 1 aliphatic rings. The molecule has 1 saturated carbocycles. The van der Waals surface area contributed by atoms with Crippen molar-refractivity contribution in [2.24, 2.45) is 5.92 Å². The number of ether oxygens (including phenoxy) is 3. The molecule has 1 atom stereocenters. The number of rotatable bonds is 9. The van der Waals surface area contributed by atoms with Gasteiger partial charge in [-0.05, 0) is 45.6 Å². The molecule has 0 saturated heterocycles. The molecule has 1 aromatic heterocycles. The van der Waals surface area contributed by atoms with Crippen molar-refractivity contribution in [2.75, 3.05) is 32.2 Å². The first kappa shape index (κ1) is 17.7. The number of pyridine rings is 1. The third-order valence-electron chi connectivity index (χ3n) is 4.19. The van der Waals surface area contributed by atoms with Crippen molar-refractivity contribution >= 4 is 11.6 Å². The molecule has 1 heterocycles. The third-order valence-corrected chi connectivity index (χ3v) is 4.19. The van der Waals surface area contributed by atoms with Gasteiger partial charge in [0, 0.05) is 19.3 Å². The van der Waals surface area contributed by atoms with Gasteiger partial charge in [0.25, 0.3) is 5.91 Å². The van der Waals surface area contributed by atoms with E-state index < -0.39 is 5.60 Å². The van der Waals surface area contributed by atoms with Crippen molar-refractivity contribution in [3.8, 4) is 5.88 Å². The van der Waals surface area contributed by atoms with E-state index in [9.17, 15) is 4.79 Å². The van der Waals surface area contributed by atoms with Crippen LogP contribution in [0.1, 0.15) is 32.3 Å². The Bertz CT molecular complexity index is 545. The molecule has 0 radical (unpaired) electrons. The Morgan fingerprint density at radius 3 is 2.74 bits per heavy atom. The Morgan fingerprint density at radius 1 is 1.43 bits per heavy atom. The summed E-state index contributed by atoms with van der Waals surface area (Å²) in [5, 5.41) is 2.89. The topological polar surface area (TPSA) is 69.7 Å². The second kappa shape index (κ2) is 7.75. The minimum atomic E-state index is -0.777. The van der Waals surface area contributed by atoms with E-state index >= 15 is 0 Å². The number of hydrogen-bond acceptors (Lipinski definition) is 5. The van der Waals surface area contributed by atoms with E-state index in [2.05, 4.69) is 10.3 Å². The maximum Gasteiger partial charge on any atom is 0.256 e. The van der Waals surface area contributed by atoms with E-state index in [1.165, 1.54) is 0 Å². The van der Waals surface area contributed by atoms with Crippen molar-refractivity contribution in [3.05, 3.63) is 17.8 Å². The van der Waals surface area contributed by atoms with E-state index in [1.807, 2.05) is 26.8 Å². The molecule has 1 aromatic rings. The number of nitrogens with one attached hydrogen (secondary N) is 1. The van der Waals surface area contributed by atoms with Crippen molar-refractivity contribution in [3.63, 3.8) is 0 Å². The molecule has 0 bridgehead atoms. The minimum Gasteiger partial charge on any atom is -0.475 e. The SMILES string of the molecule is CCOCCOc1ncc(NC(=O)[C@](C)(OC)C2CC2)cc1C. The van der Waals surface area contributed by atoms with Gasteiger partial charge in [0.1, 0.15) is 12.2 Å². The first-order valence-corrected chi connectivity index (χ1v) is 8.05. The molecule has 128 valence electrons. The molecule has 6 nitrogen and oxygen atoms in total. The zero-order valence-electron chi connectivity index (χ0n) is 14.3. The molecule has 1 fully saturated rings. The molecule has 23 heavy (non-hydrogen) atoms. The predicted octanol–water partition coefficient (Wildman–Crippen LogP) is 2.56. The highest BCUT2D eigenvalue weighted by molar-refractivity contribution is 5.97. The first-order valence-electron chi connectivity index (χ1n) is 8.05. The number of carbonyl (C=O) groups excluding carboxylic acids is 1. The Kier molecular flexibility index (Phi) is 5.96. The molecule has 1 N–H and O–H groups in total. The van der Waals surface area contributed by atoms with Gasteiger partial charge in [0.2, 0.25) is 5.88 Å². The van der Waals surface area contributed by atoms with Gasteiger partial charge in [-0.3, -0.25) is 4.79 Å². The Labute approximate surface area is 137 Å². The number of carbonyl (C=O) groups is 1. The highest BCUT2D eigenvalue weighted by Gasteiger charge is 2.47. The molecule has 0 unspecified atom stereocenters. The van der Waals surface area contributed by atoms with Gasteiger partial charge in [0.15, 0.2) is 0 Å². The zero-order chi connectivity index (χ0) is 16.9. The van der Waals surface area contributed by atoms with Gasteiger partial charge in [-0.2, -0.15) is 0 Å². The quantitative estimate of drug-likeness (QED) is 0.708. The number of anilines is 1. The smallest absolute Gasteiger partial charge is 0.256 e. The summed E-state index contributed by atoms with van der Waals surface area (Å²) in [4.78, 5) is 16.7. The predicted molar refractivity (Wildman–Crippen MR) is 87.7 cm³/mol. The van der Waals surface area contributed by atoms with Crippen LogP contribution >= 0.6 is 0 Å². The highest BCUT2D eigenvalue weighted by Crippen LogP contribution is 2.42. The van der Waals surface area contributed by atoms with Gasteiger partial charge in [0.05, 0.1) is 18.5 Å². The second-order valence-electron chi connectivity index (χ2n) is 5.93. The number of methoxy groups -OCH3 is 1. The fraction of sp³-hybridized carbons (Fsp3) is 0.647. The monoisotopic (exact) mass is 322 g/mol. The van der Waals surface area contributed by atoms with Crippen LogP contribution in [-0.4, -0.2) is 43.4 Å². The Morgan fingerprint density at radius 2 is 2.17 bits per heavy atom. The maximum atomic E-state index is 12.5. The van der Waals surface area contributed by atoms with Crippen LogP contribution in [0.15, 0.2) is 12.3 Å². The first-order chi connectivity index (χ1) is 11.0. The number of aromatic nitrogens is 1. The summed E-state index contributed by atoms with van der Waals surface area (Å²) >= 11 is 0. The summed E-state index contributed by atoms with van der Waals surface area (Å²) in [5.74, 6) is 0.718. The fourth-order valence-electron chi connectivity index (χ4n) is 2.46. The molecule has 1 aliphatic carbocycles. The molecular weight excluding hydrogens is 296 g/mol. The minimum absolute atomic E-state index is 0.131. The lowest BCUT2D eigenvalue weighted by Crippen LogP contribution is -2.44. The number of nitrogens with zero attached hydrogens (tertiary/aromatic N) is 1. The normalized spacial score (nSPS) is 16.7. The largest absolute Gasteiger partial charge is 0.475 e. The van der Waals surface area contributed by atoms with Gasteiger partial charge in [-0.25, -0.2) is 4.98 Å². The van der Waals surface area contributed by atoms with Gasteiger partial charge in [-0.15, -0.1) is 0 Å². The lowest BCUT2D eigenvalue weighted by molar-refractivity contribution is -0.138. The molecule has 0 spiro atoms. The van der Waals surface area contributed by atoms with Gasteiger partial charge < -0.3 is 19.5 Å². The summed E-state index contributed by atoms with van der Waals surface area (Å²) < 4.78 is 16.2. The molecule has 0 aliphatic heterocycles. The Balaban J connectivity index is 1.95. The van der Waals surface area contributed by atoms with E-state index in [-0.39, 0.29) is 5.91 Å². The lowest BCUT2D eigenvalue weighted by atomic mass is 9.99. The average molecular weight is 322 g/mol. The molecule has 2 rings (SSSR count). The lowest BCUT2D eigenvalue weighted by Gasteiger charge is -2.26. The maximum absolute atomic E-state index is 12.5. The highest BCUT2D eigenvalue weighted by atomic mass is 16.5. The summed E-state index contributed by atoms with van der Waals surface area (Å²) in [6.45, 7) is 7.33. The summed E-state index contributed by atoms with van der Waals surface area (Å²) in [5.41, 5.74) is 0.735. The van der Waals surface area contributed by atoms with Crippen LogP contribution in [-0.2, 0) is 14.3 Å². The van der Waals surface area contributed by atoms with Gasteiger partial charge >= 0.3 is 0 Å². The van der Waals surface area contributed by atoms with Crippen LogP contribution in [0.3, 0.4) is 0 Å². The van der Waals surface area contributed by atoms with Crippen molar-refractivity contribution < 1.29 is 19.0 Å². The average Bonchev–Trinajstić information content (AvgIpc) is 3.37. The molecule has 1 amide bonds. The number of aryl methyl sites for hydroxylation is 1. The van der Waals surface area contributed by atoms with Crippen LogP contribution in [0.2, 0.25) is 0 Å².